The Morgan fingerprint density at radius 2 is 1.75 bits per heavy atom. The predicted molar refractivity (Wildman–Crippen MR) is 196 cm³/mol. The third-order valence-electron chi connectivity index (χ3n) is 11.7. The maximum Gasteiger partial charge on any atom is 0.328 e. The molecule has 4 aliphatic rings. The molecule has 8 rings (SSSR count). The van der Waals surface area contributed by atoms with E-state index in [1.165, 1.54) is 22.3 Å². The van der Waals surface area contributed by atoms with Gasteiger partial charge in [0.05, 0.1) is 29.1 Å². The zero-order valence-electron chi connectivity index (χ0n) is 29.9. The number of imide groups is 1. The zero-order valence-corrected chi connectivity index (χ0v) is 29.9. The van der Waals surface area contributed by atoms with Crippen molar-refractivity contribution in [2.24, 2.45) is 0 Å². The van der Waals surface area contributed by atoms with E-state index < -0.39 is 17.4 Å². The lowest BCUT2D eigenvalue weighted by Gasteiger charge is -2.44. The quantitative estimate of drug-likeness (QED) is 0.261. The van der Waals surface area contributed by atoms with Gasteiger partial charge in [0.15, 0.2) is 5.78 Å². The summed E-state index contributed by atoms with van der Waals surface area (Å²) in [5.41, 5.74) is 7.72. The van der Waals surface area contributed by atoms with E-state index in [0.717, 1.165) is 86.3 Å². The molecule has 52 heavy (non-hydrogen) atoms. The topological polar surface area (TPSA) is 129 Å². The number of benzene rings is 2. The number of halogens is 1. The maximum atomic E-state index is 14.8. The first-order valence-corrected chi connectivity index (χ1v) is 18.3. The molecule has 0 unspecified atom stereocenters. The molecule has 12 heteroatoms. The van der Waals surface area contributed by atoms with Gasteiger partial charge in [-0.2, -0.15) is 9.65 Å². The number of piperidine rings is 1. The lowest BCUT2D eigenvalue weighted by atomic mass is 9.70. The lowest BCUT2D eigenvalue weighted by molar-refractivity contribution is -0.120. The Bertz CT molecular complexity index is 2150. The molecular weight excluding hydrogens is 659 g/mol. The number of nitrogens with one attached hydrogen (secondary N) is 2. The highest BCUT2D eigenvalue weighted by molar-refractivity contribution is 6.20. The molecule has 5 heterocycles. The van der Waals surface area contributed by atoms with Gasteiger partial charge in [-0.15, -0.1) is 0 Å². The van der Waals surface area contributed by atoms with Crippen molar-refractivity contribution in [3.8, 4) is 6.07 Å². The second-order valence-corrected chi connectivity index (χ2v) is 15.0. The normalized spacial score (nSPS) is 19.8. The summed E-state index contributed by atoms with van der Waals surface area (Å²) in [5.74, 6) is -0.809. The molecule has 0 spiro atoms. The van der Waals surface area contributed by atoms with Crippen molar-refractivity contribution in [2.45, 2.75) is 64.5 Å². The maximum absolute atomic E-state index is 14.8. The van der Waals surface area contributed by atoms with Gasteiger partial charge in [0, 0.05) is 104 Å². The molecule has 3 aliphatic heterocycles. The van der Waals surface area contributed by atoms with E-state index in [1.807, 2.05) is 12.1 Å². The molecule has 3 fully saturated rings. The van der Waals surface area contributed by atoms with Crippen molar-refractivity contribution in [1.82, 2.24) is 25.1 Å². The van der Waals surface area contributed by atoms with E-state index in [0.29, 0.717) is 35.0 Å². The number of H-pyrrole nitrogens is 1. The minimum Gasteiger partial charge on any atom is -0.371 e. The average Bonchev–Trinajstić information content (AvgIpc) is 3.55. The van der Waals surface area contributed by atoms with Crippen LogP contribution < -0.4 is 15.1 Å². The van der Waals surface area contributed by atoms with E-state index in [2.05, 4.69) is 69.0 Å². The van der Waals surface area contributed by atoms with Crippen LogP contribution in [0.25, 0.3) is 10.9 Å². The first-order chi connectivity index (χ1) is 25.0. The van der Waals surface area contributed by atoms with Crippen LogP contribution in [0.1, 0.15) is 83.9 Å². The van der Waals surface area contributed by atoms with Crippen LogP contribution in [-0.4, -0.2) is 89.3 Å². The first-order valence-electron chi connectivity index (χ1n) is 18.3. The number of ketones is 1. The molecule has 0 radical (unpaired) electrons. The number of nitrogens with zero attached hydrogens (tertiary/aromatic N) is 6. The number of amides is 3. The molecule has 4 aromatic rings. The second kappa shape index (κ2) is 13.1. The van der Waals surface area contributed by atoms with Crippen LogP contribution in [0.15, 0.2) is 42.6 Å². The Kier molecular flexibility index (Phi) is 8.59. The number of rotatable bonds is 6. The third-order valence-corrected chi connectivity index (χ3v) is 11.7. The van der Waals surface area contributed by atoms with E-state index in [-0.39, 0.29) is 24.7 Å². The highest BCUT2D eigenvalue weighted by Crippen LogP contribution is 2.46. The molecule has 2 aromatic carbocycles. The highest BCUT2D eigenvalue weighted by Gasteiger charge is 2.41. The first kappa shape index (κ1) is 34.0. The number of aryl methyl sites for hydroxylation is 1. The number of nitriles is 1. The zero-order chi connectivity index (χ0) is 36.3. The van der Waals surface area contributed by atoms with Gasteiger partial charge in [0.2, 0.25) is 11.9 Å². The van der Waals surface area contributed by atoms with Gasteiger partial charge >= 0.3 is 6.03 Å². The van der Waals surface area contributed by atoms with Crippen molar-refractivity contribution < 1.29 is 18.8 Å². The summed E-state index contributed by atoms with van der Waals surface area (Å²) < 4.78 is 14.8. The van der Waals surface area contributed by atoms with Crippen LogP contribution in [0.5, 0.6) is 0 Å². The number of pyridine rings is 1. The number of fused-ring (bicyclic) bond motifs is 4. The van der Waals surface area contributed by atoms with Crippen LogP contribution in [0.4, 0.5) is 20.6 Å². The molecule has 1 aliphatic carbocycles. The van der Waals surface area contributed by atoms with Crippen molar-refractivity contribution in [2.75, 3.05) is 55.6 Å². The lowest BCUT2D eigenvalue weighted by Crippen LogP contribution is -2.53. The second-order valence-electron chi connectivity index (χ2n) is 15.0. The van der Waals surface area contributed by atoms with Crippen LogP contribution >= 0.6 is 0 Å². The fourth-order valence-electron chi connectivity index (χ4n) is 8.71. The Balaban J connectivity index is 0.926. The van der Waals surface area contributed by atoms with Crippen LogP contribution in [0, 0.1) is 17.3 Å². The number of aromatic nitrogens is 2. The van der Waals surface area contributed by atoms with Crippen molar-refractivity contribution in [3.63, 3.8) is 0 Å². The third kappa shape index (κ3) is 5.82. The molecule has 2 aromatic heterocycles. The summed E-state index contributed by atoms with van der Waals surface area (Å²) in [4.78, 5) is 54.1. The Morgan fingerprint density at radius 1 is 0.981 bits per heavy atom. The Labute approximate surface area is 302 Å². The number of anilines is 2. The van der Waals surface area contributed by atoms with Crippen LogP contribution in [-0.2, 0) is 23.2 Å². The fraction of sp³-hybridized carbons (Fsp3) is 0.425. The van der Waals surface area contributed by atoms with Crippen molar-refractivity contribution in [1.29, 1.82) is 5.26 Å². The standard InChI is InChI=1S/C40H43FN8O3/c1-4-25-19-30-31(40(2,3)37-35(36(30)51)29-6-5-24(21-42)17-32(29)44-37)20-33(25)48-10-7-27(8-11-48)47-15-13-46(14-16-47)23-26-18-28(22-43-38(26)41)49-12-9-34(50)45-39(49)52/h5-6,17-20,22,27,44H,4,7-16,23H2,1-3H3,(H,45,50,52). The van der Waals surface area contributed by atoms with Gasteiger partial charge in [-0.3, -0.25) is 29.6 Å². The Morgan fingerprint density at radius 3 is 2.46 bits per heavy atom. The molecule has 2 N–H and O–H groups in total. The van der Waals surface area contributed by atoms with E-state index in [1.54, 1.807) is 12.1 Å². The summed E-state index contributed by atoms with van der Waals surface area (Å²) in [6.45, 7) is 12.4. The largest absolute Gasteiger partial charge is 0.371 e. The molecule has 268 valence electrons. The Hall–Kier alpha value is -5.12. The van der Waals surface area contributed by atoms with Gasteiger partial charge in [-0.05, 0) is 60.7 Å². The number of hydrogen-bond donors (Lipinski definition) is 2. The number of urea groups is 1. The highest BCUT2D eigenvalue weighted by atomic mass is 19.1. The molecule has 11 nitrogen and oxygen atoms in total. The van der Waals surface area contributed by atoms with Gasteiger partial charge in [-0.1, -0.05) is 26.8 Å². The SMILES string of the molecule is CCc1cc2c(cc1N1CCC(N3CCN(Cc4cc(N5CCC(=O)NC5=O)cnc4F)CC3)CC1)C(C)(C)c1[nH]c3cc(C#N)ccc3c1C2=O. The minimum absolute atomic E-state index is 0.0400. The van der Waals surface area contributed by atoms with Crippen LogP contribution in [0.2, 0.25) is 0 Å². The van der Waals surface area contributed by atoms with Gasteiger partial charge < -0.3 is 9.88 Å². The van der Waals surface area contributed by atoms with E-state index in [4.69, 9.17) is 0 Å². The van der Waals surface area contributed by atoms with Gasteiger partial charge in [0.25, 0.3) is 0 Å². The summed E-state index contributed by atoms with van der Waals surface area (Å²) in [5, 5.41) is 12.6. The molecule has 0 saturated carbocycles. The molecule has 0 bridgehead atoms. The molecule has 0 atom stereocenters. The summed E-state index contributed by atoms with van der Waals surface area (Å²) in [6, 6.07) is 13.7. The number of carbonyl (C=O) groups is 3. The van der Waals surface area contributed by atoms with Crippen LogP contribution in [0.3, 0.4) is 0 Å². The number of piperazine rings is 1. The number of carbonyl (C=O) groups excluding carboxylic acids is 3. The smallest absolute Gasteiger partial charge is 0.328 e. The van der Waals surface area contributed by atoms with Gasteiger partial charge in [-0.25, -0.2) is 9.78 Å². The molecular formula is C40H43FN8O3. The predicted octanol–water partition coefficient (Wildman–Crippen LogP) is 5.24. The van der Waals surface area contributed by atoms with E-state index in [9.17, 15) is 24.0 Å². The average molecular weight is 703 g/mol. The number of hydrogen-bond acceptors (Lipinski definition) is 8. The van der Waals surface area contributed by atoms with Crippen molar-refractivity contribution in [3.05, 3.63) is 87.6 Å². The summed E-state index contributed by atoms with van der Waals surface area (Å²) in [6.07, 6.45) is 4.45. The summed E-state index contributed by atoms with van der Waals surface area (Å²) in [7, 11) is 0. The monoisotopic (exact) mass is 702 g/mol. The minimum atomic E-state index is -0.538. The molecule has 3 amide bonds. The van der Waals surface area contributed by atoms with Gasteiger partial charge in [0.1, 0.15) is 0 Å². The fourth-order valence-corrected chi connectivity index (χ4v) is 8.71. The van der Waals surface area contributed by atoms with E-state index >= 15 is 0 Å². The van der Waals surface area contributed by atoms with Crippen molar-refractivity contribution >= 4 is 40.0 Å². The number of aromatic amines is 1. The summed E-state index contributed by atoms with van der Waals surface area (Å²) >= 11 is 0. The molecule has 3 saturated heterocycles.